The number of piperidine rings is 1. The smallest absolute Gasteiger partial charge is 0.263 e. The lowest BCUT2D eigenvalue weighted by molar-refractivity contribution is 0.155. The molecule has 0 N–H and O–H groups in total. The van der Waals surface area contributed by atoms with Crippen molar-refractivity contribution in [2.75, 3.05) is 18.0 Å². The zero-order valence-corrected chi connectivity index (χ0v) is 16.5. The number of fused-ring (bicyclic) bond motifs is 1. The number of rotatable bonds is 3. The molecular formula is C18H18BrF2N5O. The van der Waals surface area contributed by atoms with Crippen molar-refractivity contribution in [1.29, 1.82) is 0 Å². The van der Waals surface area contributed by atoms with E-state index in [1.54, 1.807) is 0 Å². The van der Waals surface area contributed by atoms with Gasteiger partial charge in [-0.25, -0.2) is 18.7 Å². The molecule has 1 fully saturated rings. The second-order valence-corrected chi connectivity index (χ2v) is 8.03. The molecular weight excluding hydrogens is 420 g/mol. The maximum Gasteiger partial charge on any atom is 0.263 e. The average Bonchev–Trinajstić information content (AvgIpc) is 3.12. The molecule has 6 nitrogen and oxygen atoms in total. The number of halogens is 3. The van der Waals surface area contributed by atoms with Crippen molar-refractivity contribution >= 4 is 32.7 Å². The van der Waals surface area contributed by atoms with Gasteiger partial charge in [0.1, 0.15) is 18.0 Å². The molecule has 0 saturated carbocycles. The summed E-state index contributed by atoms with van der Waals surface area (Å²) in [6, 6.07) is 2.85. The van der Waals surface area contributed by atoms with Crippen molar-refractivity contribution in [3.05, 3.63) is 40.5 Å². The normalized spacial score (nSPS) is 16.3. The van der Waals surface area contributed by atoms with Crippen LogP contribution in [-0.2, 0) is 5.67 Å². The van der Waals surface area contributed by atoms with Gasteiger partial charge in [-0.15, -0.1) is 0 Å². The van der Waals surface area contributed by atoms with E-state index in [1.807, 2.05) is 0 Å². The maximum absolute atomic E-state index is 13.9. The second kappa shape index (κ2) is 6.78. The third kappa shape index (κ3) is 3.52. The minimum absolute atomic E-state index is 0.00190. The fourth-order valence-electron chi connectivity index (χ4n) is 3.32. The second-order valence-electron chi connectivity index (χ2n) is 7.17. The van der Waals surface area contributed by atoms with Crippen LogP contribution in [0.3, 0.4) is 0 Å². The van der Waals surface area contributed by atoms with E-state index in [1.165, 1.54) is 32.3 Å². The van der Waals surface area contributed by atoms with E-state index in [9.17, 15) is 8.78 Å². The Morgan fingerprint density at radius 2 is 1.96 bits per heavy atom. The van der Waals surface area contributed by atoms with Gasteiger partial charge in [0.2, 0.25) is 0 Å². The molecule has 1 saturated heterocycles. The number of hydrogen-bond acceptors (Lipinski definition) is 6. The van der Waals surface area contributed by atoms with E-state index >= 15 is 0 Å². The summed E-state index contributed by atoms with van der Waals surface area (Å²) >= 11 is 3.36. The number of nitrogens with zero attached hydrogens (tertiary/aromatic N) is 5. The number of alkyl halides is 1. The highest BCUT2D eigenvalue weighted by atomic mass is 79.9. The Balaban J connectivity index is 1.55. The molecule has 0 amide bonds. The van der Waals surface area contributed by atoms with Crippen molar-refractivity contribution in [3.8, 4) is 0 Å². The van der Waals surface area contributed by atoms with Crippen molar-refractivity contribution < 1.29 is 13.3 Å². The standard InChI is InChI=1S/C18H18BrF2N5O/c1-18(2,21)17-24-15(25-27-17)10-3-5-26(6-4-10)16-12-7-11(20)8-13(19)14(12)22-9-23-16/h7-10H,3-6H2,1-2H3. The maximum atomic E-state index is 13.9. The van der Waals surface area contributed by atoms with E-state index in [0.29, 0.717) is 40.1 Å². The summed E-state index contributed by atoms with van der Waals surface area (Å²) in [6.07, 6.45) is 3.03. The van der Waals surface area contributed by atoms with Gasteiger partial charge in [0.25, 0.3) is 5.89 Å². The third-order valence-electron chi connectivity index (χ3n) is 4.75. The van der Waals surface area contributed by atoms with Crippen LogP contribution in [-0.4, -0.2) is 33.2 Å². The van der Waals surface area contributed by atoms with E-state index in [-0.39, 0.29) is 17.6 Å². The zero-order valence-electron chi connectivity index (χ0n) is 14.9. The molecule has 27 heavy (non-hydrogen) atoms. The van der Waals surface area contributed by atoms with Crippen LogP contribution in [0.15, 0.2) is 27.5 Å². The van der Waals surface area contributed by atoms with Crippen molar-refractivity contribution in [1.82, 2.24) is 20.1 Å². The molecule has 9 heteroatoms. The first-order chi connectivity index (χ1) is 12.8. The Morgan fingerprint density at radius 3 is 2.63 bits per heavy atom. The molecule has 3 heterocycles. The highest BCUT2D eigenvalue weighted by molar-refractivity contribution is 9.10. The van der Waals surface area contributed by atoms with Gasteiger partial charge < -0.3 is 9.42 Å². The van der Waals surface area contributed by atoms with Gasteiger partial charge in [0, 0.05) is 28.9 Å². The average molecular weight is 438 g/mol. The topological polar surface area (TPSA) is 67.9 Å². The monoisotopic (exact) mass is 437 g/mol. The molecule has 0 bridgehead atoms. The predicted molar refractivity (Wildman–Crippen MR) is 99.8 cm³/mol. The van der Waals surface area contributed by atoms with Gasteiger partial charge in [-0.05, 0) is 54.8 Å². The SMILES string of the molecule is CC(C)(F)c1nc(C2CCN(c3ncnc4c(Br)cc(F)cc34)CC2)no1. The van der Waals surface area contributed by atoms with Gasteiger partial charge in [0.15, 0.2) is 11.5 Å². The van der Waals surface area contributed by atoms with Crippen LogP contribution in [0.4, 0.5) is 14.6 Å². The summed E-state index contributed by atoms with van der Waals surface area (Å²) in [5.41, 5.74) is -0.972. The molecule has 1 aliphatic heterocycles. The summed E-state index contributed by atoms with van der Waals surface area (Å²) < 4.78 is 33.5. The highest BCUT2D eigenvalue weighted by Gasteiger charge is 2.31. The number of hydrogen-bond donors (Lipinski definition) is 0. The summed E-state index contributed by atoms with van der Waals surface area (Å²) in [4.78, 5) is 14.9. The summed E-state index contributed by atoms with van der Waals surface area (Å²) in [6.45, 7) is 4.19. The molecule has 0 atom stereocenters. The lowest BCUT2D eigenvalue weighted by Gasteiger charge is -2.32. The van der Waals surface area contributed by atoms with Gasteiger partial charge in [0.05, 0.1) is 5.52 Å². The first kappa shape index (κ1) is 18.2. The summed E-state index contributed by atoms with van der Waals surface area (Å²) in [5.74, 6) is 1.00. The highest BCUT2D eigenvalue weighted by Crippen LogP contribution is 2.34. The van der Waals surface area contributed by atoms with Crippen molar-refractivity contribution in [3.63, 3.8) is 0 Å². The number of anilines is 1. The van der Waals surface area contributed by atoms with E-state index < -0.39 is 5.67 Å². The Bertz CT molecular complexity index is 980. The minimum atomic E-state index is -1.65. The first-order valence-corrected chi connectivity index (χ1v) is 9.50. The quantitative estimate of drug-likeness (QED) is 0.600. The summed E-state index contributed by atoms with van der Waals surface area (Å²) in [7, 11) is 0. The van der Waals surface area contributed by atoms with Crippen LogP contribution >= 0.6 is 15.9 Å². The minimum Gasteiger partial charge on any atom is -0.356 e. The molecule has 0 spiro atoms. The van der Waals surface area contributed by atoms with E-state index in [2.05, 4.69) is 40.9 Å². The van der Waals surface area contributed by atoms with Crippen LogP contribution in [0.1, 0.15) is 44.3 Å². The fraction of sp³-hybridized carbons (Fsp3) is 0.444. The zero-order chi connectivity index (χ0) is 19.2. The molecule has 0 unspecified atom stereocenters. The Morgan fingerprint density at radius 1 is 1.22 bits per heavy atom. The van der Waals surface area contributed by atoms with Crippen LogP contribution < -0.4 is 4.90 Å². The first-order valence-electron chi connectivity index (χ1n) is 8.70. The molecule has 0 aliphatic carbocycles. The molecule has 4 rings (SSSR count). The van der Waals surface area contributed by atoms with Gasteiger partial charge in [-0.2, -0.15) is 4.98 Å². The predicted octanol–water partition coefficient (Wildman–Crippen LogP) is 4.50. The van der Waals surface area contributed by atoms with Crippen molar-refractivity contribution in [2.24, 2.45) is 0 Å². The van der Waals surface area contributed by atoms with Crippen LogP contribution in [0, 0.1) is 5.82 Å². The molecule has 3 aromatic rings. The van der Waals surface area contributed by atoms with Crippen LogP contribution in [0.5, 0.6) is 0 Å². The molecule has 2 aromatic heterocycles. The van der Waals surface area contributed by atoms with E-state index in [4.69, 9.17) is 4.52 Å². The molecule has 142 valence electrons. The lowest BCUT2D eigenvalue weighted by atomic mass is 9.96. The third-order valence-corrected chi connectivity index (χ3v) is 5.35. The van der Waals surface area contributed by atoms with Gasteiger partial charge in [-0.3, -0.25) is 0 Å². The van der Waals surface area contributed by atoms with Gasteiger partial charge in [-0.1, -0.05) is 5.16 Å². The Labute approximate surface area is 163 Å². The molecule has 1 aromatic carbocycles. The largest absolute Gasteiger partial charge is 0.356 e. The fourth-order valence-corrected chi connectivity index (χ4v) is 3.86. The number of aromatic nitrogens is 4. The molecule has 0 radical (unpaired) electrons. The molecule has 1 aliphatic rings. The van der Waals surface area contributed by atoms with Crippen molar-refractivity contribution in [2.45, 2.75) is 38.3 Å². The van der Waals surface area contributed by atoms with Crippen LogP contribution in [0.2, 0.25) is 0 Å². The Kier molecular flexibility index (Phi) is 4.57. The van der Waals surface area contributed by atoms with Gasteiger partial charge >= 0.3 is 0 Å². The lowest BCUT2D eigenvalue weighted by Crippen LogP contribution is -2.34. The van der Waals surface area contributed by atoms with Crippen LogP contribution in [0.25, 0.3) is 10.9 Å². The number of benzene rings is 1. The Hall–Kier alpha value is -2.16. The van der Waals surface area contributed by atoms with E-state index in [0.717, 1.165) is 12.8 Å². The summed E-state index contributed by atoms with van der Waals surface area (Å²) in [5, 5.41) is 4.62.